The highest BCUT2D eigenvalue weighted by molar-refractivity contribution is 6.04. The Labute approximate surface area is 114 Å². The molecule has 0 fully saturated rings. The van der Waals surface area contributed by atoms with Crippen LogP contribution in [0.2, 0.25) is 0 Å². The molecule has 1 aromatic rings. The van der Waals surface area contributed by atoms with Crippen LogP contribution in [0.3, 0.4) is 0 Å². The van der Waals surface area contributed by atoms with Crippen LogP contribution in [0, 0.1) is 0 Å². The fraction of sp³-hybridized carbons (Fsp3) is 0.533. The summed E-state index contributed by atoms with van der Waals surface area (Å²) in [6, 6.07) is 5.69. The van der Waals surface area contributed by atoms with E-state index in [1.807, 2.05) is 18.2 Å². The number of benzene rings is 1. The molecule has 0 spiro atoms. The van der Waals surface area contributed by atoms with Crippen molar-refractivity contribution in [1.29, 1.82) is 0 Å². The first-order valence-electron chi connectivity index (χ1n) is 7.09. The van der Waals surface area contributed by atoms with E-state index in [1.54, 1.807) is 0 Å². The number of para-hydroxylation sites is 1. The number of amides is 1. The number of hydrogen-bond acceptors (Lipinski definition) is 3. The third-order valence-electron chi connectivity index (χ3n) is 3.23. The van der Waals surface area contributed by atoms with E-state index in [9.17, 15) is 4.79 Å². The average Bonchev–Trinajstić information content (AvgIpc) is 2.43. The molecule has 2 rings (SSSR count). The second-order valence-electron chi connectivity index (χ2n) is 4.86. The highest BCUT2D eigenvalue weighted by Gasteiger charge is 2.26. The number of hydrogen-bond donors (Lipinski definition) is 2. The first-order chi connectivity index (χ1) is 9.26. The lowest BCUT2D eigenvalue weighted by atomic mass is 10.1. The van der Waals surface area contributed by atoms with Gasteiger partial charge in [0.25, 0.3) is 0 Å². The summed E-state index contributed by atoms with van der Waals surface area (Å²) >= 11 is 0. The maximum atomic E-state index is 12.1. The lowest BCUT2D eigenvalue weighted by molar-refractivity contribution is -0.117. The Balaban J connectivity index is 2.15. The van der Waals surface area contributed by atoms with Crippen molar-refractivity contribution in [2.45, 2.75) is 45.6 Å². The normalized spacial score (nSPS) is 17.4. The van der Waals surface area contributed by atoms with Crippen molar-refractivity contribution in [3.8, 4) is 5.75 Å². The number of rotatable bonds is 6. The second kappa shape index (κ2) is 6.45. The molecule has 0 saturated heterocycles. The van der Waals surface area contributed by atoms with E-state index < -0.39 is 0 Å². The third kappa shape index (κ3) is 3.19. The molecule has 104 valence electrons. The molecule has 1 aliphatic heterocycles. The number of fused-ring (bicyclic) bond motifs is 1. The summed E-state index contributed by atoms with van der Waals surface area (Å²) in [4.78, 5) is 12.1. The molecule has 1 amide bonds. The number of ether oxygens (including phenoxy) is 1. The molecular formula is C15H22N2O2. The molecule has 19 heavy (non-hydrogen) atoms. The van der Waals surface area contributed by atoms with Crippen molar-refractivity contribution in [1.82, 2.24) is 0 Å². The Morgan fingerprint density at radius 3 is 2.84 bits per heavy atom. The lowest BCUT2D eigenvalue weighted by Gasteiger charge is -2.28. The molecule has 0 aromatic heterocycles. The minimum Gasteiger partial charge on any atom is -0.491 e. The molecule has 0 bridgehead atoms. The van der Waals surface area contributed by atoms with Crippen LogP contribution < -0.4 is 15.4 Å². The summed E-state index contributed by atoms with van der Waals surface area (Å²) in [7, 11) is 0. The fourth-order valence-electron chi connectivity index (χ4n) is 2.19. The third-order valence-corrected chi connectivity index (χ3v) is 3.23. The van der Waals surface area contributed by atoms with Crippen molar-refractivity contribution < 1.29 is 9.53 Å². The molecule has 1 atom stereocenters. The quantitative estimate of drug-likeness (QED) is 0.826. The van der Waals surface area contributed by atoms with Crippen molar-refractivity contribution in [2.75, 3.05) is 17.2 Å². The Morgan fingerprint density at radius 1 is 1.26 bits per heavy atom. The predicted octanol–water partition coefficient (Wildman–Crippen LogP) is 3.40. The summed E-state index contributed by atoms with van der Waals surface area (Å²) in [6.07, 6.45) is 3.95. The van der Waals surface area contributed by atoms with Gasteiger partial charge in [0, 0.05) is 0 Å². The van der Waals surface area contributed by atoms with Crippen LogP contribution in [0.15, 0.2) is 18.2 Å². The minimum absolute atomic E-state index is 0.0356. The van der Waals surface area contributed by atoms with E-state index >= 15 is 0 Å². The van der Waals surface area contributed by atoms with Gasteiger partial charge in [0.15, 0.2) is 0 Å². The molecular weight excluding hydrogens is 240 g/mol. The molecule has 1 heterocycles. The van der Waals surface area contributed by atoms with Gasteiger partial charge in [0.2, 0.25) is 5.91 Å². The van der Waals surface area contributed by atoms with Gasteiger partial charge < -0.3 is 15.4 Å². The standard InChI is InChI=1S/C15H22N2O2/c1-3-5-7-12-15(18)17-14-11(16-12)8-6-9-13(14)19-10-4-2/h6,8-9,12,16H,3-5,7,10H2,1-2H3,(H,17,18). The van der Waals surface area contributed by atoms with Gasteiger partial charge in [-0.3, -0.25) is 4.79 Å². The summed E-state index contributed by atoms with van der Waals surface area (Å²) in [5.41, 5.74) is 1.73. The van der Waals surface area contributed by atoms with Gasteiger partial charge in [-0.2, -0.15) is 0 Å². The number of carbonyl (C=O) groups excluding carboxylic acids is 1. The minimum atomic E-state index is -0.131. The van der Waals surface area contributed by atoms with Gasteiger partial charge in [0.05, 0.1) is 12.3 Å². The molecule has 0 saturated carbocycles. The smallest absolute Gasteiger partial charge is 0.247 e. The summed E-state index contributed by atoms with van der Waals surface area (Å²) in [5, 5.41) is 6.28. The maximum absolute atomic E-state index is 12.1. The Hall–Kier alpha value is -1.71. The first kappa shape index (κ1) is 13.7. The zero-order valence-corrected chi connectivity index (χ0v) is 11.7. The van der Waals surface area contributed by atoms with Crippen molar-refractivity contribution in [3.63, 3.8) is 0 Å². The summed E-state index contributed by atoms with van der Waals surface area (Å²) in [6.45, 7) is 4.85. The molecule has 1 aliphatic rings. The number of carbonyl (C=O) groups is 1. The zero-order valence-electron chi connectivity index (χ0n) is 11.7. The van der Waals surface area contributed by atoms with Gasteiger partial charge in [0.1, 0.15) is 17.5 Å². The van der Waals surface area contributed by atoms with Crippen molar-refractivity contribution >= 4 is 17.3 Å². The van der Waals surface area contributed by atoms with Gasteiger partial charge in [-0.15, -0.1) is 0 Å². The number of anilines is 2. The van der Waals surface area contributed by atoms with E-state index in [2.05, 4.69) is 24.5 Å². The lowest BCUT2D eigenvalue weighted by Crippen LogP contribution is -2.38. The Bertz CT molecular complexity index is 446. The Kier molecular flexibility index (Phi) is 4.66. The highest BCUT2D eigenvalue weighted by Crippen LogP contribution is 2.36. The van der Waals surface area contributed by atoms with Crippen LogP contribution in [0.1, 0.15) is 39.5 Å². The predicted molar refractivity (Wildman–Crippen MR) is 77.8 cm³/mol. The van der Waals surface area contributed by atoms with Gasteiger partial charge in [-0.25, -0.2) is 0 Å². The monoisotopic (exact) mass is 262 g/mol. The van der Waals surface area contributed by atoms with E-state index in [-0.39, 0.29) is 11.9 Å². The topological polar surface area (TPSA) is 50.4 Å². The molecule has 4 nitrogen and oxygen atoms in total. The van der Waals surface area contributed by atoms with Crippen molar-refractivity contribution in [3.05, 3.63) is 18.2 Å². The van der Waals surface area contributed by atoms with Gasteiger partial charge in [-0.1, -0.05) is 32.8 Å². The van der Waals surface area contributed by atoms with Crippen LogP contribution >= 0.6 is 0 Å². The maximum Gasteiger partial charge on any atom is 0.247 e. The average molecular weight is 262 g/mol. The van der Waals surface area contributed by atoms with Crippen LogP contribution in [0.5, 0.6) is 5.75 Å². The van der Waals surface area contributed by atoms with Crippen LogP contribution in [-0.4, -0.2) is 18.6 Å². The summed E-state index contributed by atoms with van der Waals surface area (Å²) < 4.78 is 5.66. The highest BCUT2D eigenvalue weighted by atomic mass is 16.5. The largest absolute Gasteiger partial charge is 0.491 e. The fourth-order valence-corrected chi connectivity index (χ4v) is 2.19. The SMILES string of the molecule is CCCCC1Nc2cccc(OCCC)c2NC1=O. The van der Waals surface area contributed by atoms with E-state index in [0.29, 0.717) is 6.61 Å². The van der Waals surface area contributed by atoms with Gasteiger partial charge in [-0.05, 0) is 25.0 Å². The molecule has 0 radical (unpaired) electrons. The second-order valence-corrected chi connectivity index (χ2v) is 4.86. The van der Waals surface area contributed by atoms with E-state index in [0.717, 1.165) is 42.8 Å². The number of nitrogens with one attached hydrogen (secondary N) is 2. The van der Waals surface area contributed by atoms with Gasteiger partial charge >= 0.3 is 0 Å². The van der Waals surface area contributed by atoms with E-state index in [1.165, 1.54) is 0 Å². The Morgan fingerprint density at radius 2 is 2.11 bits per heavy atom. The van der Waals surface area contributed by atoms with Crippen molar-refractivity contribution in [2.24, 2.45) is 0 Å². The molecule has 1 unspecified atom stereocenters. The summed E-state index contributed by atoms with van der Waals surface area (Å²) in [5.74, 6) is 0.780. The molecule has 0 aliphatic carbocycles. The molecule has 1 aromatic carbocycles. The number of unbranched alkanes of at least 4 members (excludes halogenated alkanes) is 1. The van der Waals surface area contributed by atoms with Crippen LogP contribution in [0.25, 0.3) is 0 Å². The van der Waals surface area contributed by atoms with E-state index in [4.69, 9.17) is 4.74 Å². The molecule has 4 heteroatoms. The zero-order chi connectivity index (χ0) is 13.7. The first-order valence-corrected chi connectivity index (χ1v) is 7.09. The molecule has 2 N–H and O–H groups in total. The van der Waals surface area contributed by atoms with Crippen LogP contribution in [-0.2, 0) is 4.79 Å². The van der Waals surface area contributed by atoms with Crippen LogP contribution in [0.4, 0.5) is 11.4 Å².